The van der Waals surface area contributed by atoms with Crippen LogP contribution in [0.4, 0.5) is 4.39 Å². The summed E-state index contributed by atoms with van der Waals surface area (Å²) in [5, 5.41) is 3.83. The third-order valence-electron chi connectivity index (χ3n) is 2.00. The zero-order valence-corrected chi connectivity index (χ0v) is 8.39. The first-order valence-corrected chi connectivity index (χ1v) is 4.79. The molecule has 0 aromatic carbocycles. The third kappa shape index (κ3) is 2.21. The number of nitrogens with zero attached hydrogens (tertiary/aromatic N) is 3. The van der Waals surface area contributed by atoms with E-state index >= 15 is 0 Å². The summed E-state index contributed by atoms with van der Waals surface area (Å²) in [5.74, 6) is 0.258. The molecule has 0 aliphatic heterocycles. The summed E-state index contributed by atoms with van der Waals surface area (Å²) in [6.45, 7) is 2.07. The second-order valence-electron chi connectivity index (χ2n) is 3.17. The lowest BCUT2D eigenvalue weighted by Gasteiger charge is -2.01. The van der Waals surface area contributed by atoms with E-state index in [2.05, 4.69) is 23.4 Å². The van der Waals surface area contributed by atoms with Gasteiger partial charge in [-0.05, 0) is 24.5 Å². The first kappa shape index (κ1) is 9.83. The molecule has 0 spiro atoms. The molecule has 2 heterocycles. The second-order valence-corrected chi connectivity index (χ2v) is 3.17. The summed E-state index contributed by atoms with van der Waals surface area (Å²) in [5.41, 5.74) is 1.06. The van der Waals surface area contributed by atoms with Crippen molar-refractivity contribution in [1.82, 2.24) is 14.8 Å². The molecular formula is C11H11FN3. The Morgan fingerprint density at radius 3 is 2.80 bits per heavy atom. The van der Waals surface area contributed by atoms with Crippen LogP contribution in [0.3, 0.4) is 0 Å². The van der Waals surface area contributed by atoms with Crippen LogP contribution in [-0.4, -0.2) is 14.8 Å². The molecule has 2 aromatic heterocycles. The minimum atomic E-state index is -0.360. The molecule has 2 aromatic rings. The molecule has 0 saturated carbocycles. The van der Waals surface area contributed by atoms with Crippen molar-refractivity contribution < 1.29 is 4.39 Å². The Balaban J connectivity index is 2.23. The van der Waals surface area contributed by atoms with Gasteiger partial charge in [0.05, 0.1) is 12.4 Å². The Morgan fingerprint density at radius 1 is 1.40 bits per heavy atom. The normalized spacial score (nSPS) is 10.5. The van der Waals surface area contributed by atoms with Crippen LogP contribution in [0.5, 0.6) is 0 Å². The number of pyridine rings is 1. The molecule has 1 radical (unpaired) electrons. The number of hydrogen-bond donors (Lipinski definition) is 0. The summed E-state index contributed by atoms with van der Waals surface area (Å²) in [7, 11) is 0. The van der Waals surface area contributed by atoms with Crippen molar-refractivity contribution in [2.24, 2.45) is 0 Å². The number of hydrogen-bond acceptors (Lipinski definition) is 2. The average Bonchev–Trinajstić information content (AvgIpc) is 2.67. The Bertz CT molecular complexity index is 433. The molecule has 4 heteroatoms. The van der Waals surface area contributed by atoms with Crippen molar-refractivity contribution in [1.29, 1.82) is 0 Å². The zero-order valence-electron chi connectivity index (χ0n) is 8.39. The molecule has 0 atom stereocenters. The first-order chi connectivity index (χ1) is 7.29. The minimum absolute atomic E-state index is 0.360. The van der Waals surface area contributed by atoms with Crippen molar-refractivity contribution in [3.63, 3.8) is 0 Å². The summed E-state index contributed by atoms with van der Waals surface area (Å²) in [6.07, 6.45) is 7.25. The van der Waals surface area contributed by atoms with E-state index in [1.807, 2.05) is 12.1 Å². The molecule has 0 unspecified atom stereocenters. The predicted molar refractivity (Wildman–Crippen MR) is 55.0 cm³/mol. The fourth-order valence-electron chi connectivity index (χ4n) is 1.32. The van der Waals surface area contributed by atoms with Crippen molar-refractivity contribution in [3.05, 3.63) is 48.5 Å². The molecule has 0 aliphatic carbocycles. The van der Waals surface area contributed by atoms with Gasteiger partial charge in [0.15, 0.2) is 11.6 Å². The van der Waals surface area contributed by atoms with Gasteiger partial charge in [0, 0.05) is 6.20 Å². The van der Waals surface area contributed by atoms with E-state index in [1.54, 1.807) is 6.20 Å². The Morgan fingerprint density at radius 2 is 2.27 bits per heavy atom. The topological polar surface area (TPSA) is 30.7 Å². The number of halogens is 1. The lowest BCUT2D eigenvalue weighted by molar-refractivity contribution is 0.627. The van der Waals surface area contributed by atoms with E-state index in [-0.39, 0.29) is 5.82 Å². The lowest BCUT2D eigenvalue weighted by Crippen LogP contribution is -1.97. The van der Waals surface area contributed by atoms with Gasteiger partial charge in [0.25, 0.3) is 0 Å². The smallest absolute Gasteiger partial charge is 0.161 e. The summed E-state index contributed by atoms with van der Waals surface area (Å²) < 4.78 is 14.1. The molecule has 2 rings (SSSR count). The number of aromatic nitrogens is 3. The Hall–Kier alpha value is -1.71. The quantitative estimate of drug-likeness (QED) is 0.768. The molecule has 0 aliphatic rings. The van der Waals surface area contributed by atoms with Gasteiger partial charge in [-0.1, -0.05) is 13.0 Å². The summed E-state index contributed by atoms with van der Waals surface area (Å²) in [4.78, 5) is 4.18. The largest absolute Gasteiger partial charge is 0.237 e. The predicted octanol–water partition coefficient (Wildman–Crippen LogP) is 2.37. The van der Waals surface area contributed by atoms with Crippen LogP contribution in [0.25, 0.3) is 5.82 Å². The third-order valence-corrected chi connectivity index (χ3v) is 2.00. The van der Waals surface area contributed by atoms with Gasteiger partial charge < -0.3 is 0 Å². The fourth-order valence-corrected chi connectivity index (χ4v) is 1.32. The molecule has 0 saturated heterocycles. The molecule has 3 nitrogen and oxygen atoms in total. The molecule has 0 fully saturated rings. The maximum atomic E-state index is 12.7. The van der Waals surface area contributed by atoms with E-state index in [0.717, 1.165) is 18.2 Å². The van der Waals surface area contributed by atoms with Crippen LogP contribution < -0.4 is 0 Å². The van der Waals surface area contributed by atoms with Gasteiger partial charge in [-0.3, -0.25) is 0 Å². The highest BCUT2D eigenvalue weighted by Gasteiger charge is 2.01. The molecule has 15 heavy (non-hydrogen) atoms. The Kier molecular flexibility index (Phi) is 2.76. The van der Waals surface area contributed by atoms with E-state index in [0.29, 0.717) is 5.82 Å². The van der Waals surface area contributed by atoms with Crippen LogP contribution in [-0.2, 0) is 0 Å². The van der Waals surface area contributed by atoms with Crippen LogP contribution in [0.2, 0.25) is 0 Å². The van der Waals surface area contributed by atoms with Gasteiger partial charge in [-0.2, -0.15) is 5.10 Å². The van der Waals surface area contributed by atoms with Crippen LogP contribution in [0.1, 0.15) is 18.9 Å². The minimum Gasteiger partial charge on any atom is -0.237 e. The highest BCUT2D eigenvalue weighted by Crippen LogP contribution is 2.08. The van der Waals surface area contributed by atoms with E-state index < -0.39 is 0 Å². The van der Waals surface area contributed by atoms with Gasteiger partial charge in [-0.15, -0.1) is 0 Å². The highest BCUT2D eigenvalue weighted by molar-refractivity contribution is 5.27. The molecule has 77 valence electrons. The van der Waals surface area contributed by atoms with Crippen molar-refractivity contribution in [3.8, 4) is 5.82 Å². The van der Waals surface area contributed by atoms with Crippen LogP contribution in [0.15, 0.2) is 30.7 Å². The first-order valence-electron chi connectivity index (χ1n) is 4.79. The highest BCUT2D eigenvalue weighted by atomic mass is 19.1. The fraction of sp³-hybridized carbons (Fsp3) is 0.182. The van der Waals surface area contributed by atoms with Crippen molar-refractivity contribution >= 4 is 0 Å². The number of rotatable bonds is 3. The Labute approximate surface area is 87.6 Å². The van der Waals surface area contributed by atoms with Gasteiger partial charge in [-0.25, -0.2) is 14.1 Å². The van der Waals surface area contributed by atoms with Crippen molar-refractivity contribution in [2.75, 3.05) is 0 Å². The zero-order chi connectivity index (χ0) is 10.7. The van der Waals surface area contributed by atoms with Gasteiger partial charge >= 0.3 is 0 Å². The van der Waals surface area contributed by atoms with Crippen molar-refractivity contribution in [2.45, 2.75) is 13.3 Å². The van der Waals surface area contributed by atoms with Gasteiger partial charge in [0.2, 0.25) is 0 Å². The second kappa shape index (κ2) is 4.21. The SMILES string of the molecule is CC[CH]c1ccc(-n2cc(F)cn2)nc1. The molecule has 0 N–H and O–H groups in total. The molecule has 0 amide bonds. The maximum absolute atomic E-state index is 12.7. The molecule has 0 bridgehead atoms. The van der Waals surface area contributed by atoms with E-state index in [9.17, 15) is 4.39 Å². The summed E-state index contributed by atoms with van der Waals surface area (Å²) >= 11 is 0. The van der Waals surface area contributed by atoms with Crippen LogP contribution >= 0.6 is 0 Å². The van der Waals surface area contributed by atoms with Crippen LogP contribution in [0, 0.1) is 12.2 Å². The van der Waals surface area contributed by atoms with E-state index in [4.69, 9.17) is 0 Å². The summed E-state index contributed by atoms with van der Waals surface area (Å²) in [6, 6.07) is 3.75. The monoisotopic (exact) mass is 204 g/mol. The maximum Gasteiger partial charge on any atom is 0.161 e. The van der Waals surface area contributed by atoms with Gasteiger partial charge in [0.1, 0.15) is 0 Å². The van der Waals surface area contributed by atoms with E-state index in [1.165, 1.54) is 10.9 Å². The standard InChI is InChI=1S/C11H11FN3/c1-2-3-9-4-5-11(13-6-9)15-8-10(12)7-14-15/h3-8H,2H2,1H3. The average molecular weight is 204 g/mol. The lowest BCUT2D eigenvalue weighted by atomic mass is 10.2. The molecular weight excluding hydrogens is 193 g/mol.